The Labute approximate surface area is 103 Å². The lowest BCUT2D eigenvalue weighted by atomic mass is 10.1. The van der Waals surface area contributed by atoms with Crippen molar-refractivity contribution in [2.45, 2.75) is 24.6 Å². The fourth-order valence-corrected chi connectivity index (χ4v) is 3.24. The first-order valence-electron chi connectivity index (χ1n) is 4.89. The Morgan fingerprint density at radius 1 is 1.36 bits per heavy atom. The van der Waals surface area contributed by atoms with Crippen LogP contribution in [0.15, 0.2) is 24.3 Å². The maximum atomic E-state index is 3.59. The van der Waals surface area contributed by atoms with E-state index >= 15 is 0 Å². The maximum absolute atomic E-state index is 3.59. The number of hydrogen-bond donors (Lipinski definition) is 1. The number of halogens is 1. The van der Waals surface area contributed by atoms with E-state index in [1.165, 1.54) is 21.4 Å². The first kappa shape index (κ1) is 10.6. The molecule has 0 bridgehead atoms. The quantitative estimate of drug-likeness (QED) is 0.836. The average molecular weight is 319 g/mol. The largest absolute Gasteiger partial charge is 0.381 e. The van der Waals surface area contributed by atoms with Crippen LogP contribution in [0, 0.1) is 3.57 Å². The lowest BCUT2D eigenvalue weighted by Gasteiger charge is -2.17. The van der Waals surface area contributed by atoms with E-state index in [1.54, 1.807) is 0 Å². The molecule has 1 aromatic rings. The summed E-state index contributed by atoms with van der Waals surface area (Å²) in [5.74, 6) is 1.29. The van der Waals surface area contributed by atoms with Gasteiger partial charge < -0.3 is 5.32 Å². The van der Waals surface area contributed by atoms with Crippen molar-refractivity contribution < 1.29 is 0 Å². The zero-order valence-electron chi connectivity index (χ0n) is 8.16. The highest BCUT2D eigenvalue weighted by Crippen LogP contribution is 2.28. The van der Waals surface area contributed by atoms with Crippen molar-refractivity contribution in [2.24, 2.45) is 0 Å². The molecule has 2 unspecified atom stereocenters. The Balaban J connectivity index is 2.00. The smallest absolute Gasteiger partial charge is 0.0385 e. The minimum atomic E-state index is 0.653. The standard InChI is InChI=1S/C11H14INS/c1-8-11(6-7-14-8)13-10-4-2-9(12)3-5-10/h2-5,8,11,13H,6-7H2,1H3. The van der Waals surface area contributed by atoms with E-state index in [0.29, 0.717) is 6.04 Å². The van der Waals surface area contributed by atoms with Crippen molar-refractivity contribution in [2.75, 3.05) is 11.1 Å². The van der Waals surface area contributed by atoms with E-state index in [9.17, 15) is 0 Å². The van der Waals surface area contributed by atoms with Crippen LogP contribution in [-0.2, 0) is 0 Å². The fourth-order valence-electron chi connectivity index (χ4n) is 1.68. The predicted molar refractivity (Wildman–Crippen MR) is 73.1 cm³/mol. The highest BCUT2D eigenvalue weighted by molar-refractivity contribution is 14.1. The van der Waals surface area contributed by atoms with E-state index in [1.807, 2.05) is 0 Å². The van der Waals surface area contributed by atoms with E-state index < -0.39 is 0 Å². The molecule has 0 amide bonds. The summed E-state index contributed by atoms with van der Waals surface area (Å²) in [7, 11) is 0. The Hall–Kier alpha value is 0.1000. The molecule has 2 atom stereocenters. The summed E-state index contributed by atoms with van der Waals surface area (Å²) in [6, 6.07) is 9.28. The minimum Gasteiger partial charge on any atom is -0.381 e. The van der Waals surface area contributed by atoms with Gasteiger partial charge in [-0.2, -0.15) is 11.8 Å². The van der Waals surface area contributed by atoms with Gasteiger partial charge in [-0.15, -0.1) is 0 Å². The molecule has 0 spiro atoms. The summed E-state index contributed by atoms with van der Waals surface area (Å²) in [4.78, 5) is 0. The van der Waals surface area contributed by atoms with Crippen LogP contribution in [-0.4, -0.2) is 17.0 Å². The Bertz CT molecular complexity index is 299. The van der Waals surface area contributed by atoms with Crippen LogP contribution in [0.25, 0.3) is 0 Å². The molecular formula is C11H14INS. The van der Waals surface area contributed by atoms with Gasteiger partial charge in [0.1, 0.15) is 0 Å². The highest BCUT2D eigenvalue weighted by atomic mass is 127. The third-order valence-corrected chi connectivity index (χ3v) is 4.62. The second-order valence-electron chi connectivity index (χ2n) is 3.62. The zero-order chi connectivity index (χ0) is 9.97. The van der Waals surface area contributed by atoms with Crippen molar-refractivity contribution >= 4 is 40.0 Å². The third-order valence-electron chi connectivity index (χ3n) is 2.57. The van der Waals surface area contributed by atoms with E-state index in [2.05, 4.69) is 70.9 Å². The molecule has 1 nitrogen and oxygen atoms in total. The molecule has 1 aromatic carbocycles. The summed E-state index contributed by atoms with van der Waals surface area (Å²) in [6.45, 7) is 2.31. The van der Waals surface area contributed by atoms with Crippen LogP contribution in [0.3, 0.4) is 0 Å². The normalized spacial score (nSPS) is 26.4. The van der Waals surface area contributed by atoms with Crippen LogP contribution in [0.2, 0.25) is 0 Å². The number of hydrogen-bond acceptors (Lipinski definition) is 2. The van der Waals surface area contributed by atoms with Crippen LogP contribution in [0.5, 0.6) is 0 Å². The predicted octanol–water partition coefficient (Wildman–Crippen LogP) is 3.60. The van der Waals surface area contributed by atoms with Gasteiger partial charge in [-0.1, -0.05) is 6.92 Å². The number of rotatable bonds is 2. The lowest BCUT2D eigenvalue weighted by Crippen LogP contribution is -2.24. The monoisotopic (exact) mass is 319 g/mol. The molecule has 0 aromatic heterocycles. The van der Waals surface area contributed by atoms with Gasteiger partial charge in [-0.25, -0.2) is 0 Å². The van der Waals surface area contributed by atoms with Crippen molar-refractivity contribution in [1.29, 1.82) is 0 Å². The summed E-state index contributed by atoms with van der Waals surface area (Å²) in [6.07, 6.45) is 1.29. The summed E-state index contributed by atoms with van der Waals surface area (Å²) in [5, 5.41) is 4.34. The number of nitrogens with one attached hydrogen (secondary N) is 1. The molecule has 14 heavy (non-hydrogen) atoms. The van der Waals surface area contributed by atoms with Gasteiger partial charge in [0, 0.05) is 20.5 Å². The number of thioether (sulfide) groups is 1. The molecule has 0 radical (unpaired) electrons. The van der Waals surface area contributed by atoms with Crippen molar-refractivity contribution in [3.05, 3.63) is 27.8 Å². The summed E-state index contributed by atoms with van der Waals surface area (Å²) >= 11 is 4.40. The lowest BCUT2D eigenvalue weighted by molar-refractivity contribution is 0.724. The van der Waals surface area contributed by atoms with Crippen LogP contribution < -0.4 is 5.32 Å². The van der Waals surface area contributed by atoms with Gasteiger partial charge in [0.2, 0.25) is 0 Å². The van der Waals surface area contributed by atoms with Crippen molar-refractivity contribution in [3.63, 3.8) is 0 Å². The molecule has 76 valence electrons. The van der Waals surface area contributed by atoms with Gasteiger partial charge in [0.25, 0.3) is 0 Å². The Morgan fingerprint density at radius 2 is 2.07 bits per heavy atom. The van der Waals surface area contributed by atoms with Crippen LogP contribution >= 0.6 is 34.4 Å². The summed E-state index contributed by atoms with van der Waals surface area (Å²) in [5.41, 5.74) is 1.25. The molecular weight excluding hydrogens is 305 g/mol. The van der Waals surface area contributed by atoms with E-state index in [4.69, 9.17) is 0 Å². The van der Waals surface area contributed by atoms with Gasteiger partial charge >= 0.3 is 0 Å². The second kappa shape index (κ2) is 4.75. The Morgan fingerprint density at radius 3 is 2.64 bits per heavy atom. The number of anilines is 1. The van der Waals surface area contributed by atoms with Crippen LogP contribution in [0.1, 0.15) is 13.3 Å². The molecule has 1 heterocycles. The molecule has 1 aliphatic heterocycles. The fraction of sp³-hybridized carbons (Fsp3) is 0.455. The second-order valence-corrected chi connectivity index (χ2v) is 6.35. The molecule has 1 saturated heterocycles. The SMILES string of the molecule is CC1SCCC1Nc1ccc(I)cc1. The minimum absolute atomic E-state index is 0.653. The van der Waals surface area contributed by atoms with Gasteiger partial charge in [0.05, 0.1) is 0 Å². The molecule has 0 saturated carbocycles. The first-order valence-corrected chi connectivity index (χ1v) is 7.02. The van der Waals surface area contributed by atoms with Crippen LogP contribution in [0.4, 0.5) is 5.69 Å². The molecule has 2 rings (SSSR count). The van der Waals surface area contributed by atoms with E-state index in [-0.39, 0.29) is 0 Å². The third kappa shape index (κ3) is 2.57. The van der Waals surface area contributed by atoms with Crippen molar-refractivity contribution in [1.82, 2.24) is 0 Å². The molecule has 3 heteroatoms. The Kier molecular flexibility index (Phi) is 3.60. The maximum Gasteiger partial charge on any atom is 0.0385 e. The topological polar surface area (TPSA) is 12.0 Å². The summed E-state index contributed by atoms with van der Waals surface area (Å²) < 4.78 is 1.29. The van der Waals surface area contributed by atoms with Gasteiger partial charge in [-0.3, -0.25) is 0 Å². The van der Waals surface area contributed by atoms with Crippen molar-refractivity contribution in [3.8, 4) is 0 Å². The van der Waals surface area contributed by atoms with E-state index in [0.717, 1.165) is 5.25 Å². The molecule has 1 fully saturated rings. The molecule has 1 N–H and O–H groups in total. The van der Waals surface area contributed by atoms with Gasteiger partial charge in [0.15, 0.2) is 0 Å². The average Bonchev–Trinajstić information content (AvgIpc) is 2.56. The first-order chi connectivity index (χ1) is 6.75. The van der Waals surface area contributed by atoms with Gasteiger partial charge in [-0.05, 0) is 59.0 Å². The molecule has 1 aliphatic rings. The highest BCUT2D eigenvalue weighted by Gasteiger charge is 2.23. The zero-order valence-corrected chi connectivity index (χ0v) is 11.1. The molecule has 0 aliphatic carbocycles. The number of benzene rings is 1.